The highest BCUT2D eigenvalue weighted by molar-refractivity contribution is 5.74. The first-order chi connectivity index (χ1) is 41.9. The molecule has 0 bridgehead atoms. The van der Waals surface area contributed by atoms with E-state index in [1.807, 2.05) is 152 Å². The summed E-state index contributed by atoms with van der Waals surface area (Å²) >= 11 is 0. The second kappa shape index (κ2) is 32.0. The van der Waals surface area contributed by atoms with Crippen molar-refractivity contribution in [2.45, 2.75) is 146 Å². The fourth-order valence-electron chi connectivity index (χ4n) is 10.7. The van der Waals surface area contributed by atoms with Crippen molar-refractivity contribution < 1.29 is 81.4 Å². The van der Waals surface area contributed by atoms with E-state index < -0.39 is 110 Å². The van der Waals surface area contributed by atoms with Crippen molar-refractivity contribution in [1.29, 1.82) is 0 Å². The third-order valence-corrected chi connectivity index (χ3v) is 14.8. The van der Waals surface area contributed by atoms with Crippen LogP contribution in [0.3, 0.4) is 0 Å². The van der Waals surface area contributed by atoms with E-state index in [-0.39, 0.29) is 52.9 Å². The first-order valence-corrected chi connectivity index (χ1v) is 28.8. The summed E-state index contributed by atoms with van der Waals surface area (Å²) in [5.74, 6) is -0.414. The predicted octanol–water partition coefficient (Wildman–Crippen LogP) is 6.08. The Labute approximate surface area is 501 Å². The number of carbonyl (C=O) groups is 3. The van der Waals surface area contributed by atoms with E-state index in [1.54, 1.807) is 31.4 Å². The number of aliphatic hydroxyl groups is 2. The Kier molecular flexibility index (Phi) is 23.6. The number of benzene rings is 6. The van der Waals surface area contributed by atoms with Gasteiger partial charge >= 0.3 is 0 Å². The lowest BCUT2D eigenvalue weighted by Crippen LogP contribution is -2.71. The quantitative estimate of drug-likeness (QED) is 0.0374. The van der Waals surface area contributed by atoms with Gasteiger partial charge < -0.3 is 83.0 Å². The van der Waals surface area contributed by atoms with Gasteiger partial charge in [0.15, 0.2) is 18.9 Å². The topological polar surface area (TPSA) is 239 Å². The van der Waals surface area contributed by atoms with Gasteiger partial charge in [-0.05, 0) is 52.1 Å². The van der Waals surface area contributed by atoms with Crippen molar-refractivity contribution in [3.63, 3.8) is 0 Å². The normalized spacial score (nSPS) is 27.3. The van der Waals surface area contributed by atoms with Crippen LogP contribution in [0.2, 0.25) is 0 Å². The predicted molar refractivity (Wildman–Crippen MR) is 313 cm³/mol. The van der Waals surface area contributed by atoms with E-state index in [0.29, 0.717) is 11.5 Å². The van der Waals surface area contributed by atoms with Crippen LogP contribution in [0.1, 0.15) is 48.6 Å². The molecule has 20 heteroatoms. The standard InChI is InChI=1S/C66H77N3O17/c1-42(70)67-55-62(80-37-48-26-16-8-17-27-48)60(54(82-64(55)74)41-78-51-32-30-50(75-4)31-33-51)86-66-57(69-44(3)72)63(81-38-49-28-18-9-19-29-49)59(53(84-66)40-77-35-46-22-12-6-13-23-46)85-65-56(68-43(2)71)61(79-36-47-24-14-7-15-25-47)58(73)52(83-65)39-76-34-45-20-10-5-11-21-45/h5-33,52-66,73-74H,34-41H2,1-4H3,(H,67,70)(H,68,71)(H,69,72)/t52-,53-,54-,55-,56-,57-,58-,59-,60-,61-,62-,63-,64-,65+,66+/m1/s1. The number of amides is 3. The Morgan fingerprint density at radius 1 is 0.407 bits per heavy atom. The number of methoxy groups -OCH3 is 1. The summed E-state index contributed by atoms with van der Waals surface area (Å²) in [4.78, 5) is 40.3. The zero-order valence-corrected chi connectivity index (χ0v) is 48.6. The molecule has 0 aromatic heterocycles. The summed E-state index contributed by atoms with van der Waals surface area (Å²) in [6, 6.07) is 50.5. The average Bonchev–Trinajstić information content (AvgIpc) is 0.967. The molecule has 0 aliphatic carbocycles. The molecule has 3 amide bonds. The number of aliphatic hydroxyl groups excluding tert-OH is 2. The van der Waals surface area contributed by atoms with Crippen LogP contribution >= 0.6 is 0 Å². The van der Waals surface area contributed by atoms with Crippen LogP contribution in [0.25, 0.3) is 0 Å². The molecule has 6 aromatic carbocycles. The SMILES string of the molecule is COc1ccc(OC[C@H]2O[C@@H](O)[C@H](NC(C)=O)[C@@H](OCc3ccccc3)[C@@H]2O[C@@H]2O[C@H](COCc3ccccc3)[C@@H](O[C@@H]3O[C@H](COCc4ccccc4)[C@@H](O)[C@H](OCc4ccccc4)[C@H]3NC(C)=O)[C@H](OCc3ccccc3)[C@H]2NC(C)=O)cc1. The molecule has 9 rings (SSSR count). The Balaban J connectivity index is 1.12. The Morgan fingerprint density at radius 2 is 0.756 bits per heavy atom. The third kappa shape index (κ3) is 18.0. The first kappa shape index (κ1) is 63.4. The molecular formula is C66H77N3O17. The van der Waals surface area contributed by atoms with Gasteiger partial charge in [-0.1, -0.05) is 152 Å². The van der Waals surface area contributed by atoms with Gasteiger partial charge in [-0.25, -0.2) is 0 Å². The van der Waals surface area contributed by atoms with Gasteiger partial charge in [-0.2, -0.15) is 0 Å². The largest absolute Gasteiger partial charge is 0.497 e. The maximum Gasteiger partial charge on any atom is 0.217 e. The van der Waals surface area contributed by atoms with Crippen LogP contribution in [0.15, 0.2) is 176 Å². The summed E-state index contributed by atoms with van der Waals surface area (Å²) in [5, 5.41) is 33.0. The van der Waals surface area contributed by atoms with Crippen LogP contribution in [0.5, 0.6) is 11.5 Å². The van der Waals surface area contributed by atoms with Crippen molar-refractivity contribution in [3.8, 4) is 11.5 Å². The van der Waals surface area contributed by atoms with E-state index in [0.717, 1.165) is 27.8 Å². The maximum atomic E-state index is 13.8. The molecule has 3 saturated heterocycles. The number of ether oxygens (including phenoxy) is 12. The monoisotopic (exact) mass is 1180 g/mol. The van der Waals surface area contributed by atoms with Crippen LogP contribution in [0.4, 0.5) is 0 Å². The fourth-order valence-corrected chi connectivity index (χ4v) is 10.7. The molecule has 5 N–H and O–H groups in total. The zero-order chi connectivity index (χ0) is 60.2. The number of nitrogens with one attached hydrogen (secondary N) is 3. The van der Waals surface area contributed by atoms with Crippen LogP contribution in [-0.4, -0.2) is 147 Å². The molecule has 3 fully saturated rings. The molecule has 3 aliphatic heterocycles. The molecule has 3 heterocycles. The lowest BCUT2D eigenvalue weighted by Gasteiger charge is -2.51. The van der Waals surface area contributed by atoms with E-state index in [9.17, 15) is 24.6 Å². The molecule has 0 unspecified atom stereocenters. The molecule has 6 aromatic rings. The summed E-state index contributed by atoms with van der Waals surface area (Å²) in [5.41, 5.74) is 4.10. The number of hydrogen-bond donors (Lipinski definition) is 5. The highest BCUT2D eigenvalue weighted by Crippen LogP contribution is 2.37. The Morgan fingerprint density at radius 3 is 1.19 bits per heavy atom. The molecule has 20 nitrogen and oxygen atoms in total. The van der Waals surface area contributed by atoms with Gasteiger partial charge in [-0.3, -0.25) is 14.4 Å². The third-order valence-electron chi connectivity index (χ3n) is 14.8. The van der Waals surface area contributed by atoms with E-state index in [4.69, 9.17) is 56.8 Å². The van der Waals surface area contributed by atoms with Crippen molar-refractivity contribution >= 4 is 17.7 Å². The molecule has 15 atom stereocenters. The minimum absolute atomic E-state index is 0.00938. The molecule has 458 valence electrons. The lowest BCUT2D eigenvalue weighted by molar-refractivity contribution is -0.359. The van der Waals surface area contributed by atoms with E-state index in [2.05, 4.69) is 16.0 Å². The highest BCUT2D eigenvalue weighted by atomic mass is 16.8. The minimum Gasteiger partial charge on any atom is -0.497 e. The van der Waals surface area contributed by atoms with Crippen LogP contribution in [-0.2, 0) is 94.8 Å². The molecule has 0 saturated carbocycles. The molecule has 0 radical (unpaired) electrons. The Hall–Kier alpha value is -7.15. The Bertz CT molecular complexity index is 2980. The highest BCUT2D eigenvalue weighted by Gasteiger charge is 2.56. The smallest absolute Gasteiger partial charge is 0.217 e. The molecule has 86 heavy (non-hydrogen) atoms. The van der Waals surface area contributed by atoms with Crippen molar-refractivity contribution in [1.82, 2.24) is 16.0 Å². The molecule has 0 spiro atoms. The van der Waals surface area contributed by atoms with Gasteiger partial charge in [0.05, 0.1) is 53.4 Å². The van der Waals surface area contributed by atoms with Crippen molar-refractivity contribution in [3.05, 3.63) is 204 Å². The molecule has 3 aliphatic rings. The second-order valence-electron chi connectivity index (χ2n) is 21.3. The average molecular weight is 1180 g/mol. The van der Waals surface area contributed by atoms with Crippen LogP contribution in [0, 0.1) is 0 Å². The van der Waals surface area contributed by atoms with Gasteiger partial charge in [0.2, 0.25) is 17.7 Å². The van der Waals surface area contributed by atoms with Gasteiger partial charge in [0, 0.05) is 20.8 Å². The van der Waals surface area contributed by atoms with Crippen LogP contribution < -0.4 is 25.4 Å². The van der Waals surface area contributed by atoms with Gasteiger partial charge in [0.25, 0.3) is 0 Å². The number of carbonyl (C=O) groups excluding carboxylic acids is 3. The number of hydrogen-bond acceptors (Lipinski definition) is 17. The van der Waals surface area contributed by atoms with Gasteiger partial charge in [0.1, 0.15) is 91.2 Å². The molecular weight excluding hydrogens is 1110 g/mol. The van der Waals surface area contributed by atoms with Gasteiger partial charge in [-0.15, -0.1) is 0 Å². The summed E-state index contributed by atoms with van der Waals surface area (Å²) in [7, 11) is 1.55. The van der Waals surface area contributed by atoms with Crippen molar-refractivity contribution in [2.24, 2.45) is 0 Å². The first-order valence-electron chi connectivity index (χ1n) is 28.8. The van der Waals surface area contributed by atoms with Crippen molar-refractivity contribution in [2.75, 3.05) is 26.9 Å². The number of rotatable bonds is 28. The van der Waals surface area contributed by atoms with E-state index >= 15 is 0 Å². The summed E-state index contributed by atoms with van der Waals surface area (Å²) in [6.07, 6.45) is -15.3. The van der Waals surface area contributed by atoms with E-state index in [1.165, 1.54) is 20.8 Å². The minimum atomic E-state index is -1.63. The second-order valence-corrected chi connectivity index (χ2v) is 21.3. The maximum absolute atomic E-state index is 13.8. The lowest BCUT2D eigenvalue weighted by atomic mass is 9.93. The fraction of sp³-hybridized carbons (Fsp3) is 0.409. The zero-order valence-electron chi connectivity index (χ0n) is 48.6. The summed E-state index contributed by atoms with van der Waals surface area (Å²) < 4.78 is 79.6. The summed E-state index contributed by atoms with van der Waals surface area (Å²) in [6.45, 7) is 3.84.